The highest BCUT2D eigenvalue weighted by Gasteiger charge is 2.48. The molecule has 26 heavy (non-hydrogen) atoms. The van der Waals surface area contributed by atoms with Gasteiger partial charge in [-0.2, -0.15) is 0 Å². The van der Waals surface area contributed by atoms with Gasteiger partial charge in [0.1, 0.15) is 12.2 Å². The Labute approximate surface area is 149 Å². The Morgan fingerprint density at radius 3 is 2.69 bits per heavy atom. The van der Waals surface area contributed by atoms with E-state index in [0.29, 0.717) is 12.0 Å². The van der Waals surface area contributed by atoms with E-state index in [1.165, 1.54) is 4.90 Å². The van der Waals surface area contributed by atoms with Gasteiger partial charge in [-0.3, -0.25) is 9.69 Å². The summed E-state index contributed by atoms with van der Waals surface area (Å²) in [7, 11) is 1.91. The first-order chi connectivity index (χ1) is 12.6. The number of aromatic nitrogens is 1. The molecule has 2 N–H and O–H groups in total. The lowest BCUT2D eigenvalue weighted by molar-refractivity contribution is -0.143. The molecule has 3 aromatic rings. The number of carboxylic acid groups (broad SMARTS) is 1. The number of rotatable bonds is 1. The van der Waals surface area contributed by atoms with E-state index in [1.54, 1.807) is 12.1 Å². The minimum Gasteiger partial charge on any atom is -0.480 e. The lowest BCUT2D eigenvalue weighted by Gasteiger charge is -2.48. The Morgan fingerprint density at radius 2 is 1.88 bits per heavy atom. The standard InChI is InChI=1S/C20H17N3O3/c1-22-15-9-5-3-7-12(15)19(24)23-16(20(25)26)10-13-11-6-2-4-8-14(11)21-17(13)18(22)23/h2-9,16,18,21H,10H2,1H3,(H,25,26)/t16-,18-/m0/s1. The molecule has 0 radical (unpaired) electrons. The number of nitrogens with zero attached hydrogens (tertiary/aromatic N) is 2. The molecule has 5 rings (SSSR count). The van der Waals surface area contributed by atoms with Gasteiger partial charge in [0.05, 0.1) is 16.9 Å². The fraction of sp³-hybridized carbons (Fsp3) is 0.200. The summed E-state index contributed by atoms with van der Waals surface area (Å²) < 4.78 is 0. The van der Waals surface area contributed by atoms with Crippen LogP contribution in [0.5, 0.6) is 0 Å². The summed E-state index contributed by atoms with van der Waals surface area (Å²) in [6.45, 7) is 0. The molecule has 0 saturated carbocycles. The van der Waals surface area contributed by atoms with Crippen LogP contribution in [0.15, 0.2) is 48.5 Å². The Bertz CT molecular complexity index is 1070. The summed E-state index contributed by atoms with van der Waals surface area (Å²) in [4.78, 5) is 32.1. The van der Waals surface area contributed by atoms with Crippen molar-refractivity contribution < 1.29 is 14.7 Å². The van der Waals surface area contributed by atoms with Gasteiger partial charge in [0.15, 0.2) is 0 Å². The number of carbonyl (C=O) groups is 2. The van der Waals surface area contributed by atoms with Crippen molar-refractivity contribution in [1.29, 1.82) is 0 Å². The molecule has 6 nitrogen and oxygen atoms in total. The zero-order chi connectivity index (χ0) is 18.0. The first-order valence-electron chi connectivity index (χ1n) is 8.54. The van der Waals surface area contributed by atoms with Gasteiger partial charge in [-0.25, -0.2) is 4.79 Å². The van der Waals surface area contributed by atoms with Crippen LogP contribution in [0, 0.1) is 0 Å². The fourth-order valence-electron chi connectivity index (χ4n) is 4.33. The second-order valence-electron chi connectivity index (χ2n) is 6.84. The third-order valence-corrected chi connectivity index (χ3v) is 5.50. The summed E-state index contributed by atoms with van der Waals surface area (Å²) in [6.07, 6.45) is -0.165. The summed E-state index contributed by atoms with van der Waals surface area (Å²) in [5.74, 6) is -1.22. The summed E-state index contributed by atoms with van der Waals surface area (Å²) in [6, 6.07) is 14.3. The number of carbonyl (C=O) groups excluding carboxylic acids is 1. The quantitative estimate of drug-likeness (QED) is 0.710. The SMILES string of the molecule is CN1c2ccccc2C(=O)N2[C@H](C(=O)O)Cc3c([nH]c4ccccc34)[C@@H]12. The summed E-state index contributed by atoms with van der Waals surface area (Å²) >= 11 is 0. The maximum absolute atomic E-state index is 13.2. The molecule has 130 valence electrons. The molecule has 2 aliphatic heterocycles. The Hall–Kier alpha value is -3.28. The van der Waals surface area contributed by atoms with Crippen LogP contribution in [0.1, 0.15) is 27.8 Å². The van der Waals surface area contributed by atoms with Crippen LogP contribution in [-0.4, -0.2) is 40.0 Å². The van der Waals surface area contributed by atoms with Gasteiger partial charge in [-0.15, -0.1) is 0 Å². The summed E-state index contributed by atoms with van der Waals surface area (Å²) in [5, 5.41) is 10.9. The molecule has 0 aliphatic carbocycles. The van der Waals surface area contributed by atoms with Crippen LogP contribution < -0.4 is 4.90 Å². The van der Waals surface area contributed by atoms with E-state index in [9.17, 15) is 14.7 Å². The van der Waals surface area contributed by atoms with Gasteiger partial charge in [0, 0.05) is 24.4 Å². The van der Waals surface area contributed by atoms with Crippen LogP contribution in [0.4, 0.5) is 5.69 Å². The molecule has 3 heterocycles. The van der Waals surface area contributed by atoms with Gasteiger partial charge in [0.25, 0.3) is 5.91 Å². The van der Waals surface area contributed by atoms with E-state index in [1.807, 2.05) is 48.3 Å². The van der Waals surface area contributed by atoms with E-state index in [0.717, 1.165) is 27.8 Å². The highest BCUT2D eigenvalue weighted by Crippen LogP contribution is 2.44. The van der Waals surface area contributed by atoms with Crippen molar-refractivity contribution in [2.24, 2.45) is 0 Å². The average Bonchev–Trinajstić information content (AvgIpc) is 3.03. The zero-order valence-corrected chi connectivity index (χ0v) is 14.1. The third-order valence-electron chi connectivity index (χ3n) is 5.50. The van der Waals surface area contributed by atoms with Crippen molar-refractivity contribution in [3.8, 4) is 0 Å². The number of anilines is 1. The maximum Gasteiger partial charge on any atom is 0.326 e. The molecule has 0 fully saturated rings. The number of aromatic amines is 1. The third kappa shape index (κ3) is 1.81. The molecule has 0 saturated heterocycles. The normalized spacial score (nSPS) is 21.3. The molecule has 0 unspecified atom stereocenters. The number of amides is 1. The van der Waals surface area contributed by atoms with Gasteiger partial charge < -0.3 is 15.0 Å². The lowest BCUT2D eigenvalue weighted by atomic mass is 9.91. The number of nitrogens with one attached hydrogen (secondary N) is 1. The van der Waals surface area contributed by atoms with E-state index >= 15 is 0 Å². The minimum atomic E-state index is -0.980. The average molecular weight is 347 g/mol. The number of hydrogen-bond donors (Lipinski definition) is 2. The van der Waals surface area contributed by atoms with Crippen molar-refractivity contribution in [3.05, 3.63) is 65.4 Å². The molecule has 1 aromatic heterocycles. The molecule has 1 amide bonds. The minimum absolute atomic E-state index is 0.236. The fourth-order valence-corrected chi connectivity index (χ4v) is 4.33. The molecule has 2 aromatic carbocycles. The van der Waals surface area contributed by atoms with E-state index < -0.39 is 18.2 Å². The topological polar surface area (TPSA) is 76.6 Å². The first-order valence-corrected chi connectivity index (χ1v) is 8.54. The van der Waals surface area contributed by atoms with Crippen molar-refractivity contribution in [2.45, 2.75) is 18.6 Å². The maximum atomic E-state index is 13.2. The van der Waals surface area contributed by atoms with E-state index in [-0.39, 0.29) is 5.91 Å². The monoisotopic (exact) mass is 347 g/mol. The number of carboxylic acids is 1. The predicted octanol–water partition coefficient (Wildman–Crippen LogP) is 2.77. The Kier molecular flexibility index (Phi) is 2.95. The number of aliphatic carboxylic acids is 1. The van der Waals surface area contributed by atoms with E-state index in [4.69, 9.17) is 0 Å². The molecule has 0 spiro atoms. The Balaban J connectivity index is 1.80. The number of H-pyrrole nitrogens is 1. The van der Waals surface area contributed by atoms with Gasteiger partial charge in [-0.1, -0.05) is 30.3 Å². The highest BCUT2D eigenvalue weighted by molar-refractivity contribution is 6.04. The number of hydrogen-bond acceptors (Lipinski definition) is 3. The van der Waals surface area contributed by atoms with Crippen molar-refractivity contribution in [3.63, 3.8) is 0 Å². The molecular formula is C20H17N3O3. The van der Waals surface area contributed by atoms with Crippen molar-refractivity contribution in [1.82, 2.24) is 9.88 Å². The van der Waals surface area contributed by atoms with Crippen LogP contribution in [0.25, 0.3) is 10.9 Å². The van der Waals surface area contributed by atoms with Crippen LogP contribution >= 0.6 is 0 Å². The Morgan fingerprint density at radius 1 is 1.15 bits per heavy atom. The highest BCUT2D eigenvalue weighted by atomic mass is 16.4. The number of para-hydroxylation sites is 2. The van der Waals surface area contributed by atoms with Crippen LogP contribution in [0.2, 0.25) is 0 Å². The molecule has 2 aliphatic rings. The molecule has 6 heteroatoms. The van der Waals surface area contributed by atoms with Gasteiger partial charge in [-0.05, 0) is 23.8 Å². The van der Waals surface area contributed by atoms with E-state index in [2.05, 4.69) is 4.98 Å². The lowest BCUT2D eigenvalue weighted by Crippen LogP contribution is -2.58. The predicted molar refractivity (Wildman–Crippen MR) is 97.2 cm³/mol. The second-order valence-corrected chi connectivity index (χ2v) is 6.84. The number of benzene rings is 2. The zero-order valence-electron chi connectivity index (χ0n) is 14.1. The van der Waals surface area contributed by atoms with Crippen LogP contribution in [-0.2, 0) is 11.2 Å². The van der Waals surface area contributed by atoms with Crippen molar-refractivity contribution in [2.75, 3.05) is 11.9 Å². The van der Waals surface area contributed by atoms with Crippen LogP contribution in [0.3, 0.4) is 0 Å². The largest absolute Gasteiger partial charge is 0.480 e. The summed E-state index contributed by atoms with van der Waals surface area (Å²) in [5.41, 5.74) is 4.19. The molecule has 2 atom stereocenters. The molecule has 0 bridgehead atoms. The molecular weight excluding hydrogens is 330 g/mol. The first kappa shape index (κ1) is 15.0. The smallest absolute Gasteiger partial charge is 0.326 e. The number of fused-ring (bicyclic) bond motifs is 6. The van der Waals surface area contributed by atoms with Gasteiger partial charge in [0.2, 0.25) is 0 Å². The van der Waals surface area contributed by atoms with Gasteiger partial charge >= 0.3 is 5.97 Å². The van der Waals surface area contributed by atoms with Crippen molar-refractivity contribution >= 4 is 28.5 Å². The second kappa shape index (κ2) is 5.11.